The van der Waals surface area contributed by atoms with E-state index in [1.807, 2.05) is 12.1 Å². The maximum Gasteiger partial charge on any atom is 0.260 e. The molecular formula is C32H36N2O10. The molecule has 0 saturated carbocycles. The maximum absolute atomic E-state index is 13.0. The summed E-state index contributed by atoms with van der Waals surface area (Å²) < 4.78 is 33.2. The van der Waals surface area contributed by atoms with Crippen LogP contribution < -0.4 is 28.4 Å². The molecule has 1 atom stereocenters. The predicted molar refractivity (Wildman–Crippen MR) is 158 cm³/mol. The lowest BCUT2D eigenvalue weighted by Crippen LogP contribution is -2.49. The lowest BCUT2D eigenvalue weighted by Gasteiger charge is -2.35. The first-order valence-corrected chi connectivity index (χ1v) is 14.1. The number of phenolic OH excluding ortho intramolecular Hbond substituents is 2. The third-order valence-electron chi connectivity index (χ3n) is 7.82. The smallest absolute Gasteiger partial charge is 0.260 e. The molecule has 0 aliphatic carbocycles. The van der Waals surface area contributed by atoms with Crippen molar-refractivity contribution in [3.8, 4) is 46.0 Å². The fourth-order valence-electron chi connectivity index (χ4n) is 5.48. The molecule has 12 heteroatoms. The van der Waals surface area contributed by atoms with Crippen LogP contribution in [0.3, 0.4) is 0 Å². The Morgan fingerprint density at radius 2 is 1.57 bits per heavy atom. The summed E-state index contributed by atoms with van der Waals surface area (Å²) in [6, 6.07) is 11.3. The van der Waals surface area contributed by atoms with Crippen LogP contribution in [0.2, 0.25) is 0 Å². The van der Waals surface area contributed by atoms with Crippen molar-refractivity contribution >= 4 is 11.7 Å². The standard InChI is InChI=1S/C32H36N2O10/c1-39-26-7-5-19(13-24(26)36)30-25(37)16-22-23(35)14-21(15-28(22)44-30)43-18-29(38)34-11-9-33(10-12-34)17-20-6-8-27(40-2)32(42-4)31(20)41-3/h5-8,13-15,30,35-36H,9-12,16-18H2,1-4H3. The third kappa shape index (κ3) is 6.25. The minimum atomic E-state index is -0.981. The topological polar surface area (TPSA) is 136 Å². The highest BCUT2D eigenvalue weighted by molar-refractivity contribution is 5.90. The van der Waals surface area contributed by atoms with Gasteiger partial charge in [0.1, 0.15) is 17.2 Å². The van der Waals surface area contributed by atoms with E-state index in [4.69, 9.17) is 28.4 Å². The number of hydrogen-bond donors (Lipinski definition) is 2. The van der Waals surface area contributed by atoms with Crippen LogP contribution in [-0.2, 0) is 22.6 Å². The quantitative estimate of drug-likeness (QED) is 0.351. The monoisotopic (exact) mass is 608 g/mol. The van der Waals surface area contributed by atoms with Crippen molar-refractivity contribution in [2.24, 2.45) is 0 Å². The van der Waals surface area contributed by atoms with E-state index >= 15 is 0 Å². The second kappa shape index (κ2) is 13.2. The van der Waals surface area contributed by atoms with Crippen molar-refractivity contribution in [3.63, 3.8) is 0 Å². The van der Waals surface area contributed by atoms with E-state index in [2.05, 4.69) is 4.90 Å². The summed E-state index contributed by atoms with van der Waals surface area (Å²) in [5.41, 5.74) is 1.74. The Morgan fingerprint density at radius 1 is 0.864 bits per heavy atom. The number of ketones is 1. The van der Waals surface area contributed by atoms with Crippen LogP contribution in [0.15, 0.2) is 42.5 Å². The summed E-state index contributed by atoms with van der Waals surface area (Å²) in [6.45, 7) is 2.76. The zero-order chi connectivity index (χ0) is 31.4. The molecule has 2 N–H and O–H groups in total. The Morgan fingerprint density at radius 3 is 2.23 bits per heavy atom. The summed E-state index contributed by atoms with van der Waals surface area (Å²) in [4.78, 5) is 29.8. The van der Waals surface area contributed by atoms with E-state index < -0.39 is 6.10 Å². The minimum Gasteiger partial charge on any atom is -0.507 e. The van der Waals surface area contributed by atoms with Crippen LogP contribution in [0.5, 0.6) is 46.0 Å². The van der Waals surface area contributed by atoms with E-state index in [1.54, 1.807) is 44.4 Å². The van der Waals surface area contributed by atoms with Crippen LogP contribution in [-0.4, -0.2) is 92.9 Å². The van der Waals surface area contributed by atoms with E-state index in [0.717, 1.165) is 5.56 Å². The van der Waals surface area contributed by atoms with Crippen molar-refractivity contribution in [2.45, 2.75) is 19.1 Å². The fourth-order valence-corrected chi connectivity index (χ4v) is 5.48. The summed E-state index contributed by atoms with van der Waals surface area (Å²) in [5.74, 6) is 1.79. The molecule has 1 fully saturated rings. The molecule has 0 spiro atoms. The summed E-state index contributed by atoms with van der Waals surface area (Å²) in [5, 5.41) is 20.8. The molecule has 0 radical (unpaired) electrons. The van der Waals surface area contributed by atoms with Gasteiger partial charge in [-0.05, 0) is 18.2 Å². The van der Waals surface area contributed by atoms with Crippen LogP contribution in [0.4, 0.5) is 0 Å². The minimum absolute atomic E-state index is 0.0582. The highest BCUT2D eigenvalue weighted by atomic mass is 16.5. The van der Waals surface area contributed by atoms with Crippen LogP contribution in [0.25, 0.3) is 0 Å². The Labute approximate surface area is 255 Å². The molecule has 44 heavy (non-hydrogen) atoms. The second-order valence-corrected chi connectivity index (χ2v) is 10.4. The molecule has 2 aliphatic rings. The van der Waals surface area contributed by atoms with Gasteiger partial charge in [-0.25, -0.2) is 0 Å². The Balaban J connectivity index is 1.18. The number of amides is 1. The van der Waals surface area contributed by atoms with Gasteiger partial charge in [-0.15, -0.1) is 0 Å². The molecule has 1 saturated heterocycles. The van der Waals surface area contributed by atoms with Gasteiger partial charge in [0, 0.05) is 68.0 Å². The van der Waals surface area contributed by atoms with Gasteiger partial charge in [0.2, 0.25) is 5.75 Å². The molecule has 5 rings (SSSR count). The molecule has 0 aromatic heterocycles. The average molecular weight is 609 g/mol. The third-order valence-corrected chi connectivity index (χ3v) is 7.82. The molecular weight excluding hydrogens is 572 g/mol. The second-order valence-electron chi connectivity index (χ2n) is 10.4. The molecule has 1 unspecified atom stereocenters. The Kier molecular flexibility index (Phi) is 9.19. The Bertz CT molecular complexity index is 1530. The molecule has 3 aromatic rings. The maximum atomic E-state index is 13.0. The first-order valence-electron chi connectivity index (χ1n) is 14.1. The van der Waals surface area contributed by atoms with Gasteiger partial charge >= 0.3 is 0 Å². The number of rotatable bonds is 10. The number of piperazine rings is 1. The number of carbonyl (C=O) groups is 2. The zero-order valence-electron chi connectivity index (χ0n) is 25.1. The van der Waals surface area contributed by atoms with Gasteiger partial charge in [0.05, 0.1) is 28.4 Å². The summed E-state index contributed by atoms with van der Waals surface area (Å²) in [7, 11) is 6.17. The van der Waals surface area contributed by atoms with Gasteiger partial charge in [0.15, 0.2) is 41.5 Å². The highest BCUT2D eigenvalue weighted by Crippen LogP contribution is 2.42. The normalized spacial score (nSPS) is 16.5. The number of Topliss-reactive ketones (excluding diaryl/α,β-unsaturated/α-hetero) is 1. The summed E-state index contributed by atoms with van der Waals surface area (Å²) >= 11 is 0. The van der Waals surface area contributed by atoms with Crippen molar-refractivity contribution < 1.29 is 48.2 Å². The first-order chi connectivity index (χ1) is 21.3. The number of nitrogens with zero attached hydrogens (tertiary/aromatic N) is 2. The largest absolute Gasteiger partial charge is 0.507 e. The predicted octanol–water partition coefficient (Wildman–Crippen LogP) is 3.10. The van der Waals surface area contributed by atoms with E-state index in [0.29, 0.717) is 61.1 Å². The number of phenols is 2. The van der Waals surface area contributed by atoms with Gasteiger partial charge in [0.25, 0.3) is 5.91 Å². The number of ether oxygens (including phenoxy) is 6. The molecule has 0 bridgehead atoms. The SMILES string of the molecule is COc1ccc(C2Oc3cc(OCC(=O)N4CCN(Cc5ccc(OC)c(OC)c5OC)CC4)cc(O)c3CC2=O)cc1O. The summed E-state index contributed by atoms with van der Waals surface area (Å²) in [6.07, 6.45) is -1.04. The van der Waals surface area contributed by atoms with Crippen molar-refractivity contribution in [3.05, 3.63) is 59.2 Å². The molecule has 2 heterocycles. The molecule has 2 aliphatic heterocycles. The van der Waals surface area contributed by atoms with Crippen LogP contribution >= 0.6 is 0 Å². The number of carbonyl (C=O) groups excluding carboxylic acids is 2. The van der Waals surface area contributed by atoms with Gasteiger partial charge < -0.3 is 43.5 Å². The molecule has 12 nitrogen and oxygen atoms in total. The zero-order valence-corrected chi connectivity index (χ0v) is 25.1. The van der Waals surface area contributed by atoms with E-state index in [-0.39, 0.29) is 53.5 Å². The number of aromatic hydroxyl groups is 2. The molecule has 1 amide bonds. The van der Waals surface area contributed by atoms with Crippen molar-refractivity contribution in [1.29, 1.82) is 0 Å². The first kappa shape index (κ1) is 30.6. The van der Waals surface area contributed by atoms with Crippen LogP contribution in [0, 0.1) is 0 Å². The molecule has 234 valence electrons. The van der Waals surface area contributed by atoms with E-state index in [1.165, 1.54) is 19.2 Å². The number of methoxy groups -OCH3 is 4. The van der Waals surface area contributed by atoms with Crippen molar-refractivity contribution in [2.75, 3.05) is 61.2 Å². The van der Waals surface area contributed by atoms with Gasteiger partial charge in [-0.1, -0.05) is 12.1 Å². The van der Waals surface area contributed by atoms with Crippen molar-refractivity contribution in [1.82, 2.24) is 9.80 Å². The highest BCUT2D eigenvalue weighted by Gasteiger charge is 2.32. The molecule has 3 aromatic carbocycles. The van der Waals surface area contributed by atoms with Gasteiger partial charge in [-0.3, -0.25) is 14.5 Å². The number of benzene rings is 3. The number of fused-ring (bicyclic) bond motifs is 1. The lowest BCUT2D eigenvalue weighted by molar-refractivity contribution is -0.135. The average Bonchev–Trinajstić information content (AvgIpc) is 3.03. The number of hydrogen-bond acceptors (Lipinski definition) is 11. The van der Waals surface area contributed by atoms with Crippen LogP contribution in [0.1, 0.15) is 22.8 Å². The van der Waals surface area contributed by atoms with Gasteiger partial charge in [-0.2, -0.15) is 0 Å². The van der Waals surface area contributed by atoms with E-state index in [9.17, 15) is 19.8 Å². The lowest BCUT2D eigenvalue weighted by atomic mass is 9.95. The fraction of sp³-hybridized carbons (Fsp3) is 0.375. The Hall–Kier alpha value is -4.84.